The molecule has 1 saturated heterocycles. The molecule has 0 spiro atoms. The summed E-state index contributed by atoms with van der Waals surface area (Å²) in [6.07, 6.45) is 2.80. The number of pyridine rings is 1. The van der Waals surface area contributed by atoms with Crippen molar-refractivity contribution in [3.63, 3.8) is 0 Å². The maximum absolute atomic E-state index is 9.12. The van der Waals surface area contributed by atoms with Crippen molar-refractivity contribution in [3.05, 3.63) is 23.4 Å². The first-order valence-electron chi connectivity index (χ1n) is 5.92. The van der Waals surface area contributed by atoms with Gasteiger partial charge in [0.2, 0.25) is 0 Å². The SMILES string of the molecule is Cc1ccnc(NC(C)C2CCOC2)c1C#N. The smallest absolute Gasteiger partial charge is 0.144 e. The first-order valence-corrected chi connectivity index (χ1v) is 5.92. The molecule has 2 atom stereocenters. The Morgan fingerprint density at radius 2 is 2.47 bits per heavy atom. The van der Waals surface area contributed by atoms with E-state index in [0.717, 1.165) is 25.2 Å². The van der Waals surface area contributed by atoms with Crippen LogP contribution in [0.15, 0.2) is 12.3 Å². The number of nitrogens with zero attached hydrogens (tertiary/aromatic N) is 2. The van der Waals surface area contributed by atoms with Crippen molar-refractivity contribution >= 4 is 5.82 Å². The summed E-state index contributed by atoms with van der Waals surface area (Å²) in [6.45, 7) is 5.67. The molecule has 0 aliphatic carbocycles. The number of hydrogen-bond acceptors (Lipinski definition) is 4. The number of aromatic nitrogens is 1. The average molecular weight is 231 g/mol. The van der Waals surface area contributed by atoms with Crippen LogP contribution in [0.2, 0.25) is 0 Å². The molecular weight excluding hydrogens is 214 g/mol. The first-order chi connectivity index (χ1) is 8.22. The Labute approximate surface area is 102 Å². The molecule has 1 aliphatic rings. The molecule has 4 heteroatoms. The van der Waals surface area contributed by atoms with Crippen molar-refractivity contribution in [2.24, 2.45) is 5.92 Å². The van der Waals surface area contributed by atoms with Gasteiger partial charge in [-0.1, -0.05) is 0 Å². The highest BCUT2D eigenvalue weighted by atomic mass is 16.5. The summed E-state index contributed by atoms with van der Waals surface area (Å²) in [6, 6.07) is 4.33. The van der Waals surface area contributed by atoms with Gasteiger partial charge in [0.1, 0.15) is 11.9 Å². The van der Waals surface area contributed by atoms with Crippen molar-refractivity contribution in [3.8, 4) is 6.07 Å². The van der Waals surface area contributed by atoms with Crippen LogP contribution in [0, 0.1) is 24.2 Å². The third-order valence-corrected chi connectivity index (χ3v) is 3.31. The fraction of sp³-hybridized carbons (Fsp3) is 0.538. The zero-order chi connectivity index (χ0) is 12.3. The molecule has 0 bridgehead atoms. The molecule has 0 aromatic carbocycles. The number of nitrogens with one attached hydrogen (secondary N) is 1. The largest absolute Gasteiger partial charge is 0.381 e. The Kier molecular flexibility index (Phi) is 3.60. The van der Waals surface area contributed by atoms with Crippen LogP contribution < -0.4 is 5.32 Å². The van der Waals surface area contributed by atoms with Gasteiger partial charge in [0.05, 0.1) is 12.2 Å². The van der Waals surface area contributed by atoms with Crippen molar-refractivity contribution in [1.82, 2.24) is 4.98 Å². The minimum atomic E-state index is 0.277. The second-order valence-electron chi connectivity index (χ2n) is 4.52. The summed E-state index contributed by atoms with van der Waals surface area (Å²) in [5.74, 6) is 1.19. The molecule has 4 nitrogen and oxygen atoms in total. The maximum atomic E-state index is 9.12. The normalized spacial score (nSPS) is 20.9. The van der Waals surface area contributed by atoms with E-state index in [1.807, 2.05) is 13.0 Å². The summed E-state index contributed by atoms with van der Waals surface area (Å²) >= 11 is 0. The molecule has 1 aromatic rings. The van der Waals surface area contributed by atoms with E-state index in [-0.39, 0.29) is 6.04 Å². The second kappa shape index (κ2) is 5.15. The zero-order valence-electron chi connectivity index (χ0n) is 10.2. The molecule has 2 unspecified atom stereocenters. The fourth-order valence-electron chi connectivity index (χ4n) is 2.09. The van der Waals surface area contributed by atoms with Gasteiger partial charge in [0.25, 0.3) is 0 Å². The molecule has 1 aromatic heterocycles. The molecule has 2 rings (SSSR count). The molecule has 0 radical (unpaired) electrons. The van der Waals surface area contributed by atoms with Gasteiger partial charge in [-0.2, -0.15) is 5.26 Å². The zero-order valence-corrected chi connectivity index (χ0v) is 10.2. The Balaban J connectivity index is 2.13. The van der Waals surface area contributed by atoms with Crippen LogP contribution in [-0.2, 0) is 4.74 Å². The summed E-state index contributed by atoms with van der Waals surface area (Å²) in [7, 11) is 0. The summed E-state index contributed by atoms with van der Waals surface area (Å²) in [5.41, 5.74) is 1.60. The monoisotopic (exact) mass is 231 g/mol. The quantitative estimate of drug-likeness (QED) is 0.865. The van der Waals surface area contributed by atoms with Gasteiger partial charge in [-0.05, 0) is 31.9 Å². The number of aryl methyl sites for hydroxylation is 1. The summed E-state index contributed by atoms with van der Waals surface area (Å²) < 4.78 is 5.37. The number of ether oxygens (including phenoxy) is 1. The lowest BCUT2D eigenvalue weighted by atomic mass is 10.0. The van der Waals surface area contributed by atoms with Gasteiger partial charge >= 0.3 is 0 Å². The highest BCUT2D eigenvalue weighted by molar-refractivity contribution is 5.55. The topological polar surface area (TPSA) is 57.9 Å². The van der Waals surface area contributed by atoms with Crippen LogP contribution in [0.1, 0.15) is 24.5 Å². The summed E-state index contributed by atoms with van der Waals surface area (Å²) in [5, 5.41) is 12.5. The van der Waals surface area contributed by atoms with Crippen LogP contribution in [0.25, 0.3) is 0 Å². The maximum Gasteiger partial charge on any atom is 0.144 e. The molecule has 2 heterocycles. The Morgan fingerprint density at radius 1 is 1.65 bits per heavy atom. The van der Waals surface area contributed by atoms with Crippen LogP contribution >= 0.6 is 0 Å². The average Bonchev–Trinajstić information content (AvgIpc) is 2.82. The summed E-state index contributed by atoms with van der Waals surface area (Å²) in [4.78, 5) is 4.25. The molecule has 17 heavy (non-hydrogen) atoms. The van der Waals surface area contributed by atoms with Crippen LogP contribution in [-0.4, -0.2) is 24.2 Å². The minimum Gasteiger partial charge on any atom is -0.381 e. The highest BCUT2D eigenvalue weighted by Crippen LogP contribution is 2.22. The van der Waals surface area contributed by atoms with Crippen molar-refractivity contribution in [2.45, 2.75) is 26.3 Å². The molecule has 1 N–H and O–H groups in total. The van der Waals surface area contributed by atoms with E-state index in [0.29, 0.717) is 17.3 Å². The number of nitriles is 1. The van der Waals surface area contributed by atoms with E-state index in [9.17, 15) is 0 Å². The Bertz CT molecular complexity index is 433. The van der Waals surface area contributed by atoms with Gasteiger partial charge in [-0.3, -0.25) is 0 Å². The van der Waals surface area contributed by atoms with E-state index < -0.39 is 0 Å². The van der Waals surface area contributed by atoms with Crippen LogP contribution in [0.5, 0.6) is 0 Å². The van der Waals surface area contributed by atoms with E-state index in [1.54, 1.807) is 6.20 Å². The fourth-order valence-corrected chi connectivity index (χ4v) is 2.09. The van der Waals surface area contributed by atoms with E-state index in [1.165, 1.54) is 0 Å². The number of anilines is 1. The van der Waals surface area contributed by atoms with E-state index >= 15 is 0 Å². The molecule has 1 aliphatic heterocycles. The Hall–Kier alpha value is -1.60. The molecule has 1 fully saturated rings. The Morgan fingerprint density at radius 3 is 3.12 bits per heavy atom. The lowest BCUT2D eigenvalue weighted by Gasteiger charge is -2.20. The molecular formula is C13H17N3O. The lowest BCUT2D eigenvalue weighted by Crippen LogP contribution is -2.27. The van der Waals surface area contributed by atoms with Crippen LogP contribution in [0.4, 0.5) is 5.82 Å². The van der Waals surface area contributed by atoms with E-state index in [2.05, 4.69) is 23.3 Å². The first kappa shape index (κ1) is 11.9. The van der Waals surface area contributed by atoms with Gasteiger partial charge in [0, 0.05) is 24.8 Å². The van der Waals surface area contributed by atoms with Gasteiger partial charge in [0.15, 0.2) is 0 Å². The third kappa shape index (κ3) is 2.56. The molecule has 0 amide bonds. The molecule has 0 saturated carbocycles. The van der Waals surface area contributed by atoms with E-state index in [4.69, 9.17) is 10.00 Å². The number of rotatable bonds is 3. The van der Waals surface area contributed by atoms with Gasteiger partial charge in [-0.15, -0.1) is 0 Å². The lowest BCUT2D eigenvalue weighted by molar-refractivity contribution is 0.183. The standard InChI is InChI=1S/C13H17N3O/c1-9-3-5-15-13(12(9)7-14)16-10(2)11-4-6-17-8-11/h3,5,10-11H,4,6,8H2,1-2H3,(H,15,16). The third-order valence-electron chi connectivity index (χ3n) is 3.31. The minimum absolute atomic E-state index is 0.277. The van der Waals surface area contributed by atoms with Gasteiger partial charge in [-0.25, -0.2) is 4.98 Å². The van der Waals surface area contributed by atoms with Crippen LogP contribution in [0.3, 0.4) is 0 Å². The van der Waals surface area contributed by atoms with Crippen molar-refractivity contribution < 1.29 is 4.74 Å². The second-order valence-corrected chi connectivity index (χ2v) is 4.52. The highest BCUT2D eigenvalue weighted by Gasteiger charge is 2.23. The van der Waals surface area contributed by atoms with Gasteiger partial charge < -0.3 is 10.1 Å². The predicted octanol–water partition coefficient (Wildman–Crippen LogP) is 2.10. The molecule has 90 valence electrons. The van der Waals surface area contributed by atoms with Crippen molar-refractivity contribution in [2.75, 3.05) is 18.5 Å². The predicted molar refractivity (Wildman–Crippen MR) is 65.7 cm³/mol. The van der Waals surface area contributed by atoms with Crippen molar-refractivity contribution in [1.29, 1.82) is 5.26 Å². The number of hydrogen-bond donors (Lipinski definition) is 1.